The van der Waals surface area contributed by atoms with Gasteiger partial charge < -0.3 is 4.74 Å². The van der Waals surface area contributed by atoms with Crippen molar-refractivity contribution in [3.05, 3.63) is 36.1 Å². The van der Waals surface area contributed by atoms with E-state index in [2.05, 4.69) is 4.99 Å². The summed E-state index contributed by atoms with van der Waals surface area (Å²) in [5, 5.41) is 5.00. The second-order valence-electron chi connectivity index (χ2n) is 4.80. The van der Waals surface area contributed by atoms with Gasteiger partial charge in [-0.1, -0.05) is 0 Å². The predicted octanol–water partition coefficient (Wildman–Crippen LogP) is 1.07. The number of nitrogens with two attached hydrogens (primary N) is 1. The first-order valence-electron chi connectivity index (χ1n) is 6.30. The molecular formula is C14H14N2O5S. The Morgan fingerprint density at radius 1 is 1.23 bits per heavy atom. The number of rotatable bonds is 3. The molecule has 0 saturated heterocycles. The number of hydrogen-bond acceptors (Lipinski definition) is 6. The summed E-state index contributed by atoms with van der Waals surface area (Å²) in [6, 6.07) is 5.46. The number of hydrogen-bond donors (Lipinski definition) is 1. The highest BCUT2D eigenvalue weighted by molar-refractivity contribution is 7.89. The van der Waals surface area contributed by atoms with Crippen LogP contribution in [-0.4, -0.2) is 25.9 Å². The molecule has 1 aliphatic heterocycles. The largest absolute Gasteiger partial charge is 0.430 e. The van der Waals surface area contributed by atoms with Gasteiger partial charge in [0.15, 0.2) is 11.7 Å². The summed E-state index contributed by atoms with van der Waals surface area (Å²) >= 11 is 0. The quantitative estimate of drug-likeness (QED) is 0.507. The van der Waals surface area contributed by atoms with Gasteiger partial charge in [-0.05, 0) is 38.1 Å². The molecule has 2 N–H and O–H groups in total. The zero-order valence-corrected chi connectivity index (χ0v) is 12.8. The molecule has 7 nitrogen and oxygen atoms in total. The Labute approximate surface area is 127 Å². The summed E-state index contributed by atoms with van der Waals surface area (Å²) in [7, 11) is -3.78. The van der Waals surface area contributed by atoms with Crippen LogP contribution in [0.3, 0.4) is 0 Å². The SMILES string of the molecule is CC1=CC(=O)[C@H](C(C)=Nc2ccc(S(N)(=O)=O)cc2)C(=O)O1. The molecule has 2 rings (SSSR count). The van der Waals surface area contributed by atoms with Gasteiger partial charge in [0, 0.05) is 11.8 Å². The van der Waals surface area contributed by atoms with Crippen molar-refractivity contribution >= 4 is 33.2 Å². The summed E-state index contributed by atoms with van der Waals surface area (Å²) in [6.07, 6.45) is 1.25. The van der Waals surface area contributed by atoms with E-state index in [1.807, 2.05) is 0 Å². The first-order chi connectivity index (χ1) is 10.2. The fraction of sp³-hybridized carbons (Fsp3) is 0.214. The van der Waals surface area contributed by atoms with Gasteiger partial charge in [0.1, 0.15) is 5.76 Å². The molecule has 8 heteroatoms. The van der Waals surface area contributed by atoms with Crippen molar-refractivity contribution in [2.45, 2.75) is 18.7 Å². The molecule has 0 bridgehead atoms. The molecular weight excluding hydrogens is 308 g/mol. The van der Waals surface area contributed by atoms with Crippen LogP contribution in [0.1, 0.15) is 13.8 Å². The fourth-order valence-electron chi connectivity index (χ4n) is 2.00. The van der Waals surface area contributed by atoms with E-state index in [0.29, 0.717) is 5.69 Å². The van der Waals surface area contributed by atoms with E-state index in [9.17, 15) is 18.0 Å². The van der Waals surface area contributed by atoms with Gasteiger partial charge in [0.25, 0.3) is 0 Å². The van der Waals surface area contributed by atoms with E-state index in [1.54, 1.807) is 0 Å². The third-order valence-corrected chi connectivity index (χ3v) is 3.95. The van der Waals surface area contributed by atoms with Gasteiger partial charge in [0.05, 0.1) is 10.6 Å². The van der Waals surface area contributed by atoms with Crippen molar-refractivity contribution < 1.29 is 22.7 Å². The summed E-state index contributed by atoms with van der Waals surface area (Å²) < 4.78 is 27.2. The normalized spacial score (nSPS) is 19.7. The molecule has 0 radical (unpaired) electrons. The van der Waals surface area contributed by atoms with E-state index in [0.717, 1.165) is 0 Å². The highest BCUT2D eigenvalue weighted by Crippen LogP contribution is 2.21. The number of primary sulfonamides is 1. The minimum Gasteiger partial charge on any atom is -0.430 e. The number of ketones is 1. The molecule has 1 aromatic rings. The topological polar surface area (TPSA) is 116 Å². The van der Waals surface area contributed by atoms with Crippen LogP contribution in [-0.2, 0) is 24.3 Å². The molecule has 116 valence electrons. The smallest absolute Gasteiger partial charge is 0.327 e. The molecule has 22 heavy (non-hydrogen) atoms. The van der Waals surface area contributed by atoms with Gasteiger partial charge in [0.2, 0.25) is 10.0 Å². The van der Waals surface area contributed by atoms with Crippen molar-refractivity contribution in [3.8, 4) is 0 Å². The first kappa shape index (κ1) is 16.1. The molecule has 0 amide bonds. The third-order valence-electron chi connectivity index (χ3n) is 3.02. The third kappa shape index (κ3) is 3.46. The molecule has 0 aromatic heterocycles. The van der Waals surface area contributed by atoms with E-state index in [1.165, 1.54) is 44.2 Å². The lowest BCUT2D eigenvalue weighted by atomic mass is 9.96. The van der Waals surface area contributed by atoms with E-state index in [-0.39, 0.29) is 16.4 Å². The lowest BCUT2D eigenvalue weighted by molar-refractivity contribution is -0.146. The molecule has 1 aliphatic rings. The number of cyclic esters (lactones) is 1. The number of aliphatic imine (C=N–C) groups is 1. The van der Waals surface area contributed by atoms with E-state index < -0.39 is 27.7 Å². The van der Waals surface area contributed by atoms with Crippen molar-refractivity contribution in [3.63, 3.8) is 0 Å². The second-order valence-corrected chi connectivity index (χ2v) is 6.36. The minimum atomic E-state index is -3.78. The minimum absolute atomic E-state index is 0.0455. The molecule has 0 fully saturated rings. The Morgan fingerprint density at radius 2 is 1.82 bits per heavy atom. The molecule has 0 spiro atoms. The van der Waals surface area contributed by atoms with E-state index >= 15 is 0 Å². The summed E-state index contributed by atoms with van der Waals surface area (Å²) in [6.45, 7) is 3.05. The Kier molecular flexibility index (Phi) is 4.25. The van der Waals surface area contributed by atoms with Crippen molar-refractivity contribution in [1.82, 2.24) is 0 Å². The number of ether oxygens (including phenoxy) is 1. The zero-order valence-electron chi connectivity index (χ0n) is 11.9. The fourth-order valence-corrected chi connectivity index (χ4v) is 2.52. The zero-order chi connectivity index (χ0) is 16.5. The van der Waals surface area contributed by atoms with Crippen LogP contribution >= 0.6 is 0 Å². The lowest BCUT2D eigenvalue weighted by Crippen LogP contribution is -2.34. The number of esters is 1. The summed E-state index contributed by atoms with van der Waals surface area (Å²) in [5.74, 6) is -1.90. The first-order valence-corrected chi connectivity index (χ1v) is 7.85. The Balaban J connectivity index is 2.29. The van der Waals surface area contributed by atoms with E-state index in [4.69, 9.17) is 9.88 Å². The van der Waals surface area contributed by atoms with Gasteiger partial charge in [-0.15, -0.1) is 0 Å². The maximum atomic E-state index is 11.9. The van der Waals surface area contributed by atoms with Crippen molar-refractivity contribution in [2.24, 2.45) is 16.0 Å². The number of carbonyl (C=O) groups is 2. The molecule has 0 saturated carbocycles. The van der Waals surface area contributed by atoms with Gasteiger partial charge >= 0.3 is 5.97 Å². The maximum absolute atomic E-state index is 11.9. The maximum Gasteiger partial charge on any atom is 0.327 e. The highest BCUT2D eigenvalue weighted by Gasteiger charge is 2.33. The van der Waals surface area contributed by atoms with Gasteiger partial charge in [-0.2, -0.15) is 0 Å². The van der Waals surface area contributed by atoms with Crippen LogP contribution in [0.25, 0.3) is 0 Å². The van der Waals surface area contributed by atoms with Crippen molar-refractivity contribution in [1.29, 1.82) is 0 Å². The predicted molar refractivity (Wildman–Crippen MR) is 78.9 cm³/mol. The van der Waals surface area contributed by atoms with Crippen LogP contribution in [0.4, 0.5) is 5.69 Å². The van der Waals surface area contributed by atoms with Crippen molar-refractivity contribution in [2.75, 3.05) is 0 Å². The molecule has 0 aliphatic carbocycles. The Bertz CT molecular complexity index is 791. The number of nitrogens with zero attached hydrogens (tertiary/aromatic N) is 1. The molecule has 1 atom stereocenters. The number of carbonyl (C=O) groups excluding carboxylic acids is 2. The molecule has 1 aromatic carbocycles. The average molecular weight is 322 g/mol. The Hall–Kier alpha value is -2.32. The van der Waals surface area contributed by atoms with Crippen LogP contribution < -0.4 is 5.14 Å². The Morgan fingerprint density at radius 3 is 2.32 bits per heavy atom. The monoisotopic (exact) mass is 322 g/mol. The van der Waals surface area contributed by atoms with Crippen LogP contribution in [0.15, 0.2) is 46.0 Å². The molecule has 1 heterocycles. The standard InChI is InChI=1S/C14H14N2O5S/c1-8-7-12(17)13(14(18)21-8)9(2)16-10-3-5-11(6-4-10)22(15,19)20/h3-7,13H,1-2H3,(H2,15,19,20)/t13-/m0/s1. The average Bonchev–Trinajstić information content (AvgIpc) is 2.36. The number of benzene rings is 1. The number of sulfonamides is 1. The summed E-state index contributed by atoms with van der Waals surface area (Å²) in [4.78, 5) is 27.8. The van der Waals surface area contributed by atoms with Crippen LogP contribution in [0, 0.1) is 5.92 Å². The lowest BCUT2D eigenvalue weighted by Gasteiger charge is -2.18. The molecule has 0 unspecified atom stereocenters. The van der Waals surface area contributed by atoms with Gasteiger partial charge in [-0.25, -0.2) is 13.6 Å². The van der Waals surface area contributed by atoms with Crippen LogP contribution in [0.5, 0.6) is 0 Å². The van der Waals surface area contributed by atoms with Crippen LogP contribution in [0.2, 0.25) is 0 Å². The number of allylic oxidation sites excluding steroid dienone is 2. The highest BCUT2D eigenvalue weighted by atomic mass is 32.2. The van der Waals surface area contributed by atoms with Gasteiger partial charge in [-0.3, -0.25) is 14.6 Å². The summed E-state index contributed by atoms with van der Waals surface area (Å²) in [5.41, 5.74) is 0.666. The second kappa shape index (κ2) is 5.82.